The maximum atomic E-state index is 12.1. The molecule has 1 aliphatic rings. The average Bonchev–Trinajstić information content (AvgIpc) is 2.74. The van der Waals surface area contributed by atoms with Gasteiger partial charge in [-0.15, -0.1) is 0 Å². The fourth-order valence-corrected chi connectivity index (χ4v) is 3.07. The third-order valence-electron chi connectivity index (χ3n) is 4.59. The first-order valence-corrected chi connectivity index (χ1v) is 10.9. The van der Waals surface area contributed by atoms with E-state index in [-0.39, 0.29) is 30.2 Å². The number of nitrogens with zero attached hydrogens (tertiary/aromatic N) is 2. The zero-order chi connectivity index (χ0) is 23.4. The number of hydrogen-bond donors (Lipinski definition) is 0. The number of carbonyl (C=O) groups excluding carboxylic acids is 1. The lowest BCUT2D eigenvalue weighted by Gasteiger charge is -2.33. The zero-order valence-electron chi connectivity index (χ0n) is 19.1. The zero-order valence-corrected chi connectivity index (χ0v) is 19.1. The molecule has 0 saturated carbocycles. The van der Waals surface area contributed by atoms with Gasteiger partial charge >= 0.3 is 11.8 Å². The standard InChI is InChI=1S/C22H34N2O8/c1-22(2,3)32-21(25)23-10-8-18(9-11-23)30-16-14-28-12-13-29-15-17-31-20-7-5-4-6-19(20)24(26)27/h4-7,18H,8-17H2,1-3H3. The minimum absolute atomic E-state index is 0.0636. The molecule has 2 rings (SSSR count). The Morgan fingerprint density at radius 1 is 1.03 bits per heavy atom. The maximum absolute atomic E-state index is 12.1. The molecule has 10 nitrogen and oxygen atoms in total. The molecule has 0 aromatic heterocycles. The van der Waals surface area contributed by atoms with Crippen molar-refractivity contribution in [2.75, 3.05) is 52.7 Å². The smallest absolute Gasteiger partial charge is 0.410 e. The van der Waals surface area contributed by atoms with E-state index in [9.17, 15) is 14.9 Å². The van der Waals surface area contributed by atoms with Crippen LogP contribution >= 0.6 is 0 Å². The second-order valence-electron chi connectivity index (χ2n) is 8.34. The predicted octanol–water partition coefficient (Wildman–Crippen LogP) is 3.42. The van der Waals surface area contributed by atoms with Crippen molar-refractivity contribution >= 4 is 11.8 Å². The summed E-state index contributed by atoms with van der Waals surface area (Å²) in [6, 6.07) is 6.23. The van der Waals surface area contributed by atoms with Gasteiger partial charge in [-0.1, -0.05) is 12.1 Å². The van der Waals surface area contributed by atoms with Crippen LogP contribution in [0.1, 0.15) is 33.6 Å². The fraction of sp³-hybridized carbons (Fsp3) is 0.682. The largest absolute Gasteiger partial charge is 0.484 e. The number of piperidine rings is 1. The van der Waals surface area contributed by atoms with E-state index in [2.05, 4.69) is 0 Å². The second-order valence-corrected chi connectivity index (χ2v) is 8.34. The molecule has 1 aromatic rings. The van der Waals surface area contributed by atoms with E-state index in [4.69, 9.17) is 23.7 Å². The highest BCUT2D eigenvalue weighted by Crippen LogP contribution is 2.25. The van der Waals surface area contributed by atoms with Crippen LogP contribution in [0.3, 0.4) is 0 Å². The maximum Gasteiger partial charge on any atom is 0.410 e. The summed E-state index contributed by atoms with van der Waals surface area (Å²) in [5.41, 5.74) is -0.549. The molecular formula is C22H34N2O8. The van der Waals surface area contributed by atoms with E-state index in [1.807, 2.05) is 20.8 Å². The number of hydrogen-bond acceptors (Lipinski definition) is 8. The molecule has 0 spiro atoms. The molecule has 0 bridgehead atoms. The lowest BCUT2D eigenvalue weighted by molar-refractivity contribution is -0.385. The Balaban J connectivity index is 1.44. The number of para-hydroxylation sites is 2. The number of rotatable bonds is 12. The van der Waals surface area contributed by atoms with Gasteiger partial charge in [-0.3, -0.25) is 10.1 Å². The van der Waals surface area contributed by atoms with Crippen molar-refractivity contribution in [3.05, 3.63) is 34.4 Å². The molecule has 0 N–H and O–H groups in total. The summed E-state index contributed by atoms with van der Waals surface area (Å²) in [5, 5.41) is 10.9. The number of amides is 1. The van der Waals surface area contributed by atoms with Gasteiger partial charge < -0.3 is 28.6 Å². The van der Waals surface area contributed by atoms with Crippen LogP contribution in [0.15, 0.2) is 24.3 Å². The van der Waals surface area contributed by atoms with Crippen LogP contribution in [-0.4, -0.2) is 80.4 Å². The highest BCUT2D eigenvalue weighted by molar-refractivity contribution is 5.68. The summed E-state index contributed by atoms with van der Waals surface area (Å²) < 4.78 is 27.5. The van der Waals surface area contributed by atoms with Gasteiger partial charge in [0.15, 0.2) is 5.75 Å². The number of likely N-dealkylation sites (tertiary alicyclic amines) is 1. The SMILES string of the molecule is CC(C)(C)OC(=O)N1CCC(OCCOCCOCCOc2ccccc2[N+](=O)[O-])CC1. The van der Waals surface area contributed by atoms with Gasteiger partial charge in [-0.05, 0) is 39.7 Å². The molecule has 1 aromatic carbocycles. The molecule has 0 atom stereocenters. The molecule has 0 radical (unpaired) electrons. The van der Waals surface area contributed by atoms with E-state index < -0.39 is 10.5 Å². The van der Waals surface area contributed by atoms with Crippen LogP contribution in [0, 0.1) is 10.1 Å². The molecule has 1 heterocycles. The Hall–Kier alpha value is -2.43. The van der Waals surface area contributed by atoms with Crippen LogP contribution in [0.5, 0.6) is 5.75 Å². The van der Waals surface area contributed by atoms with Gasteiger partial charge in [-0.2, -0.15) is 0 Å². The first-order chi connectivity index (χ1) is 15.3. The summed E-state index contributed by atoms with van der Waals surface area (Å²) in [4.78, 5) is 24.2. The highest BCUT2D eigenvalue weighted by atomic mass is 16.6. The van der Waals surface area contributed by atoms with Gasteiger partial charge in [0.25, 0.3) is 0 Å². The van der Waals surface area contributed by atoms with Crippen LogP contribution in [0.4, 0.5) is 10.5 Å². The molecule has 1 fully saturated rings. The van der Waals surface area contributed by atoms with Gasteiger partial charge in [0.1, 0.15) is 12.2 Å². The quantitative estimate of drug-likeness (QED) is 0.268. The average molecular weight is 455 g/mol. The topological polar surface area (TPSA) is 110 Å². The number of nitro groups is 1. The minimum atomic E-state index is -0.485. The van der Waals surface area contributed by atoms with Crippen molar-refractivity contribution in [1.82, 2.24) is 4.90 Å². The Morgan fingerprint density at radius 2 is 1.62 bits per heavy atom. The number of ether oxygens (including phenoxy) is 5. The van der Waals surface area contributed by atoms with Gasteiger partial charge in [0, 0.05) is 19.2 Å². The fourth-order valence-electron chi connectivity index (χ4n) is 3.07. The first-order valence-electron chi connectivity index (χ1n) is 10.9. The van der Waals surface area contributed by atoms with Crippen LogP contribution in [0.2, 0.25) is 0 Å². The third-order valence-corrected chi connectivity index (χ3v) is 4.59. The lowest BCUT2D eigenvalue weighted by atomic mass is 10.1. The van der Waals surface area contributed by atoms with Gasteiger partial charge in [0.05, 0.1) is 44.1 Å². The Kier molecular flexibility index (Phi) is 10.6. The third kappa shape index (κ3) is 9.80. The van der Waals surface area contributed by atoms with E-state index >= 15 is 0 Å². The van der Waals surface area contributed by atoms with Crippen molar-refractivity contribution in [2.24, 2.45) is 0 Å². The molecule has 0 unspecified atom stereocenters. The molecular weight excluding hydrogens is 420 g/mol. The molecule has 32 heavy (non-hydrogen) atoms. The van der Waals surface area contributed by atoms with Crippen molar-refractivity contribution in [3.8, 4) is 5.75 Å². The predicted molar refractivity (Wildman–Crippen MR) is 117 cm³/mol. The molecule has 10 heteroatoms. The van der Waals surface area contributed by atoms with E-state index in [1.54, 1.807) is 23.1 Å². The van der Waals surface area contributed by atoms with E-state index in [0.717, 1.165) is 12.8 Å². The minimum Gasteiger partial charge on any atom is -0.484 e. The number of benzene rings is 1. The van der Waals surface area contributed by atoms with Crippen molar-refractivity contribution in [2.45, 2.75) is 45.3 Å². The van der Waals surface area contributed by atoms with Crippen molar-refractivity contribution < 1.29 is 33.4 Å². The first kappa shape index (κ1) is 25.8. The van der Waals surface area contributed by atoms with Crippen LogP contribution < -0.4 is 4.74 Å². The monoisotopic (exact) mass is 454 g/mol. The number of nitro benzene ring substituents is 1. The second kappa shape index (κ2) is 13.2. The Bertz CT molecular complexity index is 714. The van der Waals surface area contributed by atoms with E-state index in [0.29, 0.717) is 46.1 Å². The summed E-state index contributed by atoms with van der Waals surface area (Å²) >= 11 is 0. The molecule has 1 saturated heterocycles. The van der Waals surface area contributed by atoms with Gasteiger partial charge in [0.2, 0.25) is 0 Å². The summed E-state index contributed by atoms with van der Waals surface area (Å²) in [7, 11) is 0. The molecule has 180 valence electrons. The molecule has 1 aliphatic heterocycles. The summed E-state index contributed by atoms with van der Waals surface area (Å²) in [5.74, 6) is 0.228. The molecule has 1 amide bonds. The Labute approximate surface area is 188 Å². The summed E-state index contributed by atoms with van der Waals surface area (Å²) in [6.45, 7) is 9.12. The van der Waals surface area contributed by atoms with Crippen LogP contribution in [-0.2, 0) is 18.9 Å². The Morgan fingerprint density at radius 3 is 2.25 bits per heavy atom. The van der Waals surface area contributed by atoms with Crippen molar-refractivity contribution in [1.29, 1.82) is 0 Å². The summed E-state index contributed by atoms with van der Waals surface area (Å²) in [6.07, 6.45) is 1.41. The van der Waals surface area contributed by atoms with Crippen LogP contribution in [0.25, 0.3) is 0 Å². The highest BCUT2D eigenvalue weighted by Gasteiger charge is 2.27. The molecule has 0 aliphatic carbocycles. The van der Waals surface area contributed by atoms with Crippen molar-refractivity contribution in [3.63, 3.8) is 0 Å². The van der Waals surface area contributed by atoms with Gasteiger partial charge in [-0.25, -0.2) is 4.79 Å². The number of carbonyl (C=O) groups is 1. The normalized spacial score (nSPS) is 14.9. The lowest BCUT2D eigenvalue weighted by Crippen LogP contribution is -2.43. The van der Waals surface area contributed by atoms with E-state index in [1.165, 1.54) is 6.07 Å².